The summed E-state index contributed by atoms with van der Waals surface area (Å²) in [5.41, 5.74) is 2.14. The minimum atomic E-state index is -0.659. The fourth-order valence-corrected chi connectivity index (χ4v) is 2.83. The number of benzene rings is 3. The Bertz CT molecular complexity index is 1210. The van der Waals surface area contributed by atoms with Gasteiger partial charge in [-0.15, -0.1) is 0 Å². The van der Waals surface area contributed by atoms with E-state index in [4.69, 9.17) is 0 Å². The third kappa shape index (κ3) is 4.39. The van der Waals surface area contributed by atoms with E-state index in [1.165, 1.54) is 18.5 Å². The maximum absolute atomic E-state index is 13.1. The van der Waals surface area contributed by atoms with Gasteiger partial charge in [-0.3, -0.25) is 10.1 Å². The summed E-state index contributed by atoms with van der Waals surface area (Å²) >= 11 is 0. The maximum Gasteiger partial charge on any atom is 0.326 e. The average molecular weight is 401 g/mol. The van der Waals surface area contributed by atoms with Gasteiger partial charge in [-0.1, -0.05) is 18.2 Å². The van der Waals surface area contributed by atoms with Gasteiger partial charge in [0.15, 0.2) is 0 Å². The van der Waals surface area contributed by atoms with Crippen molar-refractivity contribution < 1.29 is 14.0 Å². The molecule has 7 nitrogen and oxygen atoms in total. The van der Waals surface area contributed by atoms with Crippen molar-refractivity contribution in [3.05, 3.63) is 90.5 Å². The van der Waals surface area contributed by atoms with Crippen LogP contribution in [0.2, 0.25) is 0 Å². The summed E-state index contributed by atoms with van der Waals surface area (Å²) in [6, 6.07) is 18.7. The molecule has 0 fully saturated rings. The number of carbonyl (C=O) groups is 2. The van der Waals surface area contributed by atoms with E-state index in [-0.39, 0.29) is 5.82 Å². The SMILES string of the molecule is O=C(NC(=O)c1ccccc1)Nc1ccc2ncnc(Nc3ccc(F)cc3)c2c1. The number of rotatable bonds is 4. The fraction of sp³-hybridized carbons (Fsp3) is 0. The molecule has 8 heteroatoms. The smallest absolute Gasteiger partial charge is 0.326 e. The predicted octanol–water partition coefficient (Wildman–Crippen LogP) is 4.47. The first-order valence-corrected chi connectivity index (χ1v) is 9.03. The van der Waals surface area contributed by atoms with Crippen LogP contribution in [0.4, 0.5) is 26.4 Å². The molecule has 0 aliphatic rings. The molecule has 0 aliphatic carbocycles. The quantitative estimate of drug-likeness (QED) is 0.469. The number of nitrogens with zero attached hydrogens (tertiary/aromatic N) is 2. The van der Waals surface area contributed by atoms with Gasteiger partial charge in [0.2, 0.25) is 0 Å². The third-order valence-electron chi connectivity index (χ3n) is 4.26. The number of anilines is 3. The molecule has 3 aromatic carbocycles. The lowest BCUT2D eigenvalue weighted by atomic mass is 10.2. The van der Waals surface area contributed by atoms with Gasteiger partial charge in [-0.25, -0.2) is 19.2 Å². The van der Waals surface area contributed by atoms with Crippen LogP contribution >= 0.6 is 0 Å². The monoisotopic (exact) mass is 401 g/mol. The number of amides is 3. The van der Waals surface area contributed by atoms with E-state index in [0.29, 0.717) is 33.7 Å². The summed E-state index contributed by atoms with van der Waals surface area (Å²) in [5, 5.41) is 8.67. The van der Waals surface area contributed by atoms with Crippen molar-refractivity contribution >= 4 is 40.0 Å². The van der Waals surface area contributed by atoms with E-state index in [9.17, 15) is 14.0 Å². The molecule has 4 aromatic rings. The Morgan fingerprint density at radius 2 is 1.57 bits per heavy atom. The van der Waals surface area contributed by atoms with Gasteiger partial charge in [0, 0.05) is 22.3 Å². The molecule has 3 amide bonds. The van der Waals surface area contributed by atoms with Crippen molar-refractivity contribution in [1.29, 1.82) is 0 Å². The summed E-state index contributed by atoms with van der Waals surface area (Å²) in [6.45, 7) is 0. The Hall–Kier alpha value is -4.33. The van der Waals surface area contributed by atoms with Crippen LogP contribution in [-0.2, 0) is 0 Å². The molecule has 148 valence electrons. The molecule has 0 bridgehead atoms. The molecule has 0 spiro atoms. The predicted molar refractivity (Wildman–Crippen MR) is 112 cm³/mol. The van der Waals surface area contributed by atoms with Gasteiger partial charge in [0.1, 0.15) is 18.0 Å². The van der Waals surface area contributed by atoms with E-state index in [0.717, 1.165) is 0 Å². The Morgan fingerprint density at radius 3 is 2.33 bits per heavy atom. The van der Waals surface area contributed by atoms with Crippen LogP contribution in [0.25, 0.3) is 10.9 Å². The molecular weight excluding hydrogens is 385 g/mol. The first-order chi connectivity index (χ1) is 14.6. The summed E-state index contributed by atoms with van der Waals surface area (Å²) in [7, 11) is 0. The van der Waals surface area contributed by atoms with Gasteiger partial charge in [-0.05, 0) is 54.6 Å². The first-order valence-electron chi connectivity index (χ1n) is 9.03. The van der Waals surface area contributed by atoms with Crippen molar-refractivity contribution in [2.24, 2.45) is 0 Å². The average Bonchev–Trinajstić information content (AvgIpc) is 2.76. The largest absolute Gasteiger partial charge is 0.340 e. The van der Waals surface area contributed by atoms with E-state index in [1.807, 2.05) is 0 Å². The molecule has 0 saturated carbocycles. The van der Waals surface area contributed by atoms with Gasteiger partial charge in [0.25, 0.3) is 5.91 Å². The standard InChI is InChI=1S/C22H16FN5O2/c23-15-6-8-16(9-7-15)26-20-18-12-17(10-11-19(18)24-13-25-20)27-22(30)28-21(29)14-4-2-1-3-5-14/h1-13H,(H,24,25,26)(H2,27,28,29,30). The van der Waals surface area contributed by atoms with Crippen LogP contribution in [0, 0.1) is 5.82 Å². The Morgan fingerprint density at radius 1 is 0.833 bits per heavy atom. The molecule has 0 unspecified atom stereocenters. The number of urea groups is 1. The summed E-state index contributed by atoms with van der Waals surface area (Å²) in [6.07, 6.45) is 1.41. The van der Waals surface area contributed by atoms with Gasteiger partial charge >= 0.3 is 6.03 Å². The molecule has 3 N–H and O–H groups in total. The summed E-state index contributed by atoms with van der Waals surface area (Å²) < 4.78 is 13.1. The van der Waals surface area contributed by atoms with Crippen LogP contribution in [0.1, 0.15) is 10.4 Å². The van der Waals surface area contributed by atoms with Crippen LogP contribution in [0.3, 0.4) is 0 Å². The fourth-order valence-electron chi connectivity index (χ4n) is 2.83. The lowest BCUT2D eigenvalue weighted by molar-refractivity contribution is 0.0967. The zero-order chi connectivity index (χ0) is 20.9. The molecule has 4 rings (SSSR count). The molecule has 1 aromatic heterocycles. The molecule has 0 radical (unpaired) electrons. The number of halogens is 1. The zero-order valence-corrected chi connectivity index (χ0v) is 15.6. The lowest BCUT2D eigenvalue weighted by Gasteiger charge is -2.11. The molecule has 1 heterocycles. The molecule has 0 saturated heterocycles. The van der Waals surface area contributed by atoms with Crippen molar-refractivity contribution in [3.63, 3.8) is 0 Å². The summed E-state index contributed by atoms with van der Waals surface area (Å²) in [5.74, 6) is -0.345. The van der Waals surface area contributed by atoms with E-state index >= 15 is 0 Å². The van der Waals surface area contributed by atoms with Gasteiger partial charge in [-0.2, -0.15) is 0 Å². The Kier molecular flexibility index (Phi) is 5.29. The Balaban J connectivity index is 1.53. The van der Waals surface area contributed by atoms with Crippen LogP contribution in [-0.4, -0.2) is 21.9 Å². The highest BCUT2D eigenvalue weighted by Crippen LogP contribution is 2.25. The number of hydrogen-bond donors (Lipinski definition) is 3. The second-order valence-electron chi connectivity index (χ2n) is 6.36. The molecule has 0 aliphatic heterocycles. The van der Waals surface area contributed by atoms with Crippen LogP contribution in [0.5, 0.6) is 0 Å². The van der Waals surface area contributed by atoms with Crippen LogP contribution < -0.4 is 16.0 Å². The number of fused-ring (bicyclic) bond motifs is 1. The second kappa shape index (κ2) is 8.36. The highest BCUT2D eigenvalue weighted by molar-refractivity contribution is 6.08. The maximum atomic E-state index is 13.1. The second-order valence-corrected chi connectivity index (χ2v) is 6.36. The number of carbonyl (C=O) groups excluding carboxylic acids is 2. The minimum Gasteiger partial charge on any atom is -0.340 e. The molecule has 0 atom stereocenters. The number of hydrogen-bond acceptors (Lipinski definition) is 5. The molecule has 30 heavy (non-hydrogen) atoms. The van der Waals surface area contributed by atoms with Crippen LogP contribution in [0.15, 0.2) is 79.1 Å². The topological polar surface area (TPSA) is 96.0 Å². The summed E-state index contributed by atoms with van der Waals surface area (Å²) in [4.78, 5) is 32.8. The van der Waals surface area contributed by atoms with E-state index in [2.05, 4.69) is 25.9 Å². The number of nitrogens with one attached hydrogen (secondary N) is 3. The number of aromatic nitrogens is 2. The Labute approximate surface area is 171 Å². The first kappa shape index (κ1) is 19.0. The van der Waals surface area contributed by atoms with E-state index in [1.54, 1.807) is 60.7 Å². The normalized spacial score (nSPS) is 10.4. The number of imide groups is 1. The van der Waals surface area contributed by atoms with Crippen molar-refractivity contribution in [1.82, 2.24) is 15.3 Å². The van der Waals surface area contributed by atoms with Crippen molar-refractivity contribution in [2.75, 3.05) is 10.6 Å². The molecular formula is C22H16FN5O2. The van der Waals surface area contributed by atoms with Crippen molar-refractivity contribution in [3.8, 4) is 0 Å². The third-order valence-corrected chi connectivity index (χ3v) is 4.26. The van der Waals surface area contributed by atoms with Gasteiger partial charge < -0.3 is 10.6 Å². The minimum absolute atomic E-state index is 0.337. The van der Waals surface area contributed by atoms with Gasteiger partial charge in [0.05, 0.1) is 5.52 Å². The highest BCUT2D eigenvalue weighted by Gasteiger charge is 2.11. The lowest BCUT2D eigenvalue weighted by Crippen LogP contribution is -2.34. The van der Waals surface area contributed by atoms with Crippen molar-refractivity contribution in [2.45, 2.75) is 0 Å². The van der Waals surface area contributed by atoms with E-state index < -0.39 is 11.9 Å². The zero-order valence-electron chi connectivity index (χ0n) is 15.6. The highest BCUT2D eigenvalue weighted by atomic mass is 19.1.